The lowest BCUT2D eigenvalue weighted by atomic mass is 10.1. The first-order valence-electron chi connectivity index (χ1n) is 3.86. The third-order valence-electron chi connectivity index (χ3n) is 1.85. The zero-order chi connectivity index (χ0) is 10.1. The highest BCUT2D eigenvalue weighted by molar-refractivity contribution is 7.82. The lowest BCUT2D eigenvalue weighted by Gasteiger charge is -2.19. The molecule has 5 heteroatoms. The predicted molar refractivity (Wildman–Crippen MR) is 55.3 cm³/mol. The van der Waals surface area contributed by atoms with E-state index in [-0.39, 0.29) is 6.61 Å². The smallest absolute Gasteiger partial charge is 0.126 e. The summed E-state index contributed by atoms with van der Waals surface area (Å²) in [5, 5.41) is 9.76. The lowest BCUT2D eigenvalue weighted by Crippen LogP contribution is -2.19. The van der Waals surface area contributed by atoms with Crippen molar-refractivity contribution < 1.29 is 9.84 Å². The van der Waals surface area contributed by atoms with Crippen LogP contribution < -0.4 is 0 Å². The van der Waals surface area contributed by atoms with Gasteiger partial charge < -0.3 is 9.84 Å². The molecule has 1 rings (SSSR count). The van der Waals surface area contributed by atoms with E-state index in [1.54, 1.807) is 7.11 Å². The fourth-order valence-corrected chi connectivity index (χ4v) is 2.07. The van der Waals surface area contributed by atoms with E-state index in [0.717, 1.165) is 9.22 Å². The summed E-state index contributed by atoms with van der Waals surface area (Å²) in [5.74, 6) is 0. The van der Waals surface area contributed by atoms with Gasteiger partial charge in [0.15, 0.2) is 0 Å². The molecule has 0 saturated heterocycles. The van der Waals surface area contributed by atoms with Gasteiger partial charge in [-0.05, 0) is 13.8 Å². The first-order chi connectivity index (χ1) is 6.01. The monoisotopic (exact) mass is 219 g/mol. The quantitative estimate of drug-likeness (QED) is 0.762. The molecule has 0 bridgehead atoms. The van der Waals surface area contributed by atoms with Crippen LogP contribution in [0.25, 0.3) is 0 Å². The summed E-state index contributed by atoms with van der Waals surface area (Å²) in [6, 6.07) is 0. The zero-order valence-corrected chi connectivity index (χ0v) is 9.58. The second-order valence-corrected chi connectivity index (χ2v) is 4.89. The van der Waals surface area contributed by atoms with Gasteiger partial charge in [-0.2, -0.15) is 0 Å². The summed E-state index contributed by atoms with van der Waals surface area (Å²) >= 11 is 5.65. The maximum Gasteiger partial charge on any atom is 0.126 e. The van der Waals surface area contributed by atoms with E-state index in [1.165, 1.54) is 11.3 Å². The zero-order valence-electron chi connectivity index (χ0n) is 7.87. The molecule has 1 heterocycles. The van der Waals surface area contributed by atoms with Crippen molar-refractivity contribution in [1.82, 2.24) is 4.98 Å². The number of aliphatic hydroxyl groups is 1. The number of ether oxygens (including phenoxy) is 1. The number of hydrogen-bond acceptors (Lipinski definition) is 5. The molecule has 0 fully saturated rings. The van der Waals surface area contributed by atoms with Crippen LogP contribution in [-0.4, -0.2) is 17.2 Å². The molecule has 0 aliphatic carbocycles. The molecule has 3 nitrogen and oxygen atoms in total. The first kappa shape index (κ1) is 11.0. The van der Waals surface area contributed by atoms with Crippen molar-refractivity contribution in [2.24, 2.45) is 0 Å². The van der Waals surface area contributed by atoms with Crippen LogP contribution in [0.2, 0.25) is 0 Å². The molecule has 1 aromatic heterocycles. The molecule has 0 spiro atoms. The fourth-order valence-electron chi connectivity index (χ4n) is 0.792. The summed E-state index contributed by atoms with van der Waals surface area (Å²) in [4.78, 5) is 4.24. The fraction of sp³-hybridized carbons (Fsp3) is 0.625. The van der Waals surface area contributed by atoms with E-state index >= 15 is 0 Å². The maximum atomic E-state index is 8.92. The van der Waals surface area contributed by atoms with Crippen LogP contribution in [0.5, 0.6) is 0 Å². The van der Waals surface area contributed by atoms with Crippen molar-refractivity contribution in [3.63, 3.8) is 0 Å². The van der Waals surface area contributed by atoms with Crippen LogP contribution in [0, 0.1) is 0 Å². The minimum Gasteiger partial charge on any atom is -0.390 e. The van der Waals surface area contributed by atoms with E-state index < -0.39 is 5.60 Å². The third-order valence-corrected chi connectivity index (χ3v) is 3.59. The summed E-state index contributed by atoms with van der Waals surface area (Å²) < 4.78 is 6.02. The Bertz CT molecular complexity index is 296. The highest BCUT2D eigenvalue weighted by Crippen LogP contribution is 2.32. The number of hydrogen-bond donors (Lipinski definition) is 2. The van der Waals surface area contributed by atoms with Crippen LogP contribution in [0.4, 0.5) is 0 Å². The molecule has 0 aromatic carbocycles. The Morgan fingerprint density at radius 3 is 2.62 bits per heavy atom. The Kier molecular flexibility index (Phi) is 3.34. The van der Waals surface area contributed by atoms with Gasteiger partial charge in [0.25, 0.3) is 0 Å². The standard InChI is InChI=1S/C8H13NO2S2/c1-8(2,11-3)7-9-5(4-10)6(12)13-7/h10,12H,4H2,1-3H3. The van der Waals surface area contributed by atoms with E-state index in [1.807, 2.05) is 13.8 Å². The highest BCUT2D eigenvalue weighted by Gasteiger charge is 2.24. The van der Waals surface area contributed by atoms with Gasteiger partial charge in [0.1, 0.15) is 10.6 Å². The maximum absolute atomic E-state index is 8.92. The van der Waals surface area contributed by atoms with Gasteiger partial charge in [-0.1, -0.05) is 0 Å². The van der Waals surface area contributed by atoms with Crippen molar-refractivity contribution in [3.8, 4) is 0 Å². The number of aromatic nitrogens is 1. The van der Waals surface area contributed by atoms with Gasteiger partial charge >= 0.3 is 0 Å². The molecule has 0 radical (unpaired) electrons. The Labute approximate surface area is 87.2 Å². The summed E-state index contributed by atoms with van der Waals surface area (Å²) in [7, 11) is 1.64. The molecular weight excluding hydrogens is 206 g/mol. The van der Waals surface area contributed by atoms with Crippen molar-refractivity contribution in [1.29, 1.82) is 0 Å². The second-order valence-electron chi connectivity index (χ2n) is 3.14. The average molecular weight is 219 g/mol. The Balaban J connectivity index is 3.03. The summed E-state index contributed by atoms with van der Waals surface area (Å²) in [5.41, 5.74) is 0.212. The van der Waals surface area contributed by atoms with Crippen LogP contribution >= 0.6 is 24.0 Å². The molecule has 0 amide bonds. The largest absolute Gasteiger partial charge is 0.390 e. The molecular formula is C8H13NO2S2. The Hall–Kier alpha value is -0.100. The van der Waals surface area contributed by atoms with Gasteiger partial charge in [0.05, 0.1) is 16.5 Å². The SMILES string of the molecule is COC(C)(C)c1nc(CO)c(S)s1. The van der Waals surface area contributed by atoms with E-state index in [9.17, 15) is 0 Å². The van der Waals surface area contributed by atoms with E-state index in [4.69, 9.17) is 9.84 Å². The third kappa shape index (κ3) is 2.22. The molecule has 0 atom stereocenters. The predicted octanol–water partition coefficient (Wildman–Crippen LogP) is 1.81. The first-order valence-corrected chi connectivity index (χ1v) is 5.12. The van der Waals surface area contributed by atoms with Crippen molar-refractivity contribution in [2.75, 3.05) is 7.11 Å². The van der Waals surface area contributed by atoms with Crippen LogP contribution in [0.3, 0.4) is 0 Å². The topological polar surface area (TPSA) is 42.4 Å². The van der Waals surface area contributed by atoms with Crippen molar-refractivity contribution >= 4 is 24.0 Å². The van der Waals surface area contributed by atoms with Crippen LogP contribution in [0.15, 0.2) is 4.21 Å². The molecule has 0 unspecified atom stereocenters. The second kappa shape index (κ2) is 3.96. The number of methoxy groups -OCH3 is 1. The van der Waals surface area contributed by atoms with Gasteiger partial charge in [-0.25, -0.2) is 4.98 Å². The number of aliphatic hydroxyl groups excluding tert-OH is 1. The number of rotatable bonds is 3. The molecule has 0 aliphatic heterocycles. The summed E-state index contributed by atoms with van der Waals surface area (Å²) in [6.07, 6.45) is 0. The molecule has 1 N–H and O–H groups in total. The minimum atomic E-state index is -0.407. The molecule has 0 saturated carbocycles. The number of thiazole rings is 1. The van der Waals surface area contributed by atoms with Gasteiger partial charge in [0, 0.05) is 7.11 Å². The summed E-state index contributed by atoms with van der Waals surface area (Å²) in [6.45, 7) is 3.79. The number of thiol groups is 1. The Morgan fingerprint density at radius 2 is 2.23 bits per heavy atom. The van der Waals surface area contributed by atoms with Crippen molar-refractivity contribution in [3.05, 3.63) is 10.7 Å². The van der Waals surface area contributed by atoms with Gasteiger partial charge in [0.2, 0.25) is 0 Å². The molecule has 13 heavy (non-hydrogen) atoms. The van der Waals surface area contributed by atoms with Crippen LogP contribution in [-0.2, 0) is 16.9 Å². The van der Waals surface area contributed by atoms with Crippen LogP contribution in [0.1, 0.15) is 24.5 Å². The van der Waals surface area contributed by atoms with Gasteiger partial charge in [-0.15, -0.1) is 24.0 Å². The minimum absolute atomic E-state index is 0.0743. The van der Waals surface area contributed by atoms with Gasteiger partial charge in [-0.3, -0.25) is 0 Å². The molecule has 1 aromatic rings. The molecule has 74 valence electrons. The average Bonchev–Trinajstić information content (AvgIpc) is 2.47. The lowest BCUT2D eigenvalue weighted by molar-refractivity contribution is 0.0188. The van der Waals surface area contributed by atoms with E-state index in [2.05, 4.69) is 17.6 Å². The number of nitrogens with zero attached hydrogens (tertiary/aromatic N) is 1. The normalized spacial score (nSPS) is 12.1. The van der Waals surface area contributed by atoms with E-state index in [0.29, 0.717) is 5.69 Å². The Morgan fingerprint density at radius 1 is 1.62 bits per heavy atom. The highest BCUT2D eigenvalue weighted by atomic mass is 32.2. The molecule has 0 aliphatic rings. The van der Waals surface area contributed by atoms with Crippen molar-refractivity contribution in [2.45, 2.75) is 30.3 Å².